The van der Waals surface area contributed by atoms with Crippen molar-refractivity contribution in [2.24, 2.45) is 5.92 Å². The van der Waals surface area contributed by atoms with Gasteiger partial charge in [-0.15, -0.1) is 0 Å². The molecule has 1 aliphatic rings. The number of hydrogen-bond donors (Lipinski definition) is 1. The summed E-state index contributed by atoms with van der Waals surface area (Å²) < 4.78 is 28.6. The van der Waals surface area contributed by atoms with E-state index in [1.165, 1.54) is 0 Å². The second-order valence-electron chi connectivity index (χ2n) is 5.97. The fourth-order valence-electron chi connectivity index (χ4n) is 2.96. The molecule has 0 amide bonds. The maximum Gasteiger partial charge on any atom is 0.387 e. The summed E-state index contributed by atoms with van der Waals surface area (Å²) in [6.07, 6.45) is 1.13. The van der Waals surface area contributed by atoms with Crippen LogP contribution in [-0.4, -0.2) is 37.7 Å². The summed E-state index contributed by atoms with van der Waals surface area (Å²) in [5, 5.41) is 3.65. The van der Waals surface area contributed by atoms with Crippen LogP contribution in [0.4, 0.5) is 8.78 Å². The first-order chi connectivity index (χ1) is 9.95. The predicted octanol–water partition coefficient (Wildman–Crippen LogP) is 3.28. The van der Waals surface area contributed by atoms with Crippen molar-refractivity contribution < 1.29 is 13.5 Å². The maximum atomic E-state index is 12.1. The molecule has 0 saturated carbocycles. The van der Waals surface area contributed by atoms with E-state index in [0.29, 0.717) is 12.0 Å². The van der Waals surface area contributed by atoms with Crippen molar-refractivity contribution in [1.82, 2.24) is 10.2 Å². The highest BCUT2D eigenvalue weighted by Crippen LogP contribution is 2.22. The van der Waals surface area contributed by atoms with Crippen LogP contribution in [0.3, 0.4) is 0 Å². The highest BCUT2D eigenvalue weighted by molar-refractivity contribution is 5.29. The van der Waals surface area contributed by atoms with E-state index in [2.05, 4.69) is 35.8 Å². The molecule has 5 heteroatoms. The number of alkyl halides is 2. The van der Waals surface area contributed by atoms with E-state index in [1.54, 1.807) is 12.1 Å². The molecule has 0 aliphatic carbocycles. The highest BCUT2D eigenvalue weighted by Gasteiger charge is 2.25. The van der Waals surface area contributed by atoms with Crippen molar-refractivity contribution >= 4 is 0 Å². The Bertz CT molecular complexity index is 438. The molecule has 1 saturated heterocycles. The van der Waals surface area contributed by atoms with Crippen LogP contribution in [0.15, 0.2) is 24.3 Å². The lowest BCUT2D eigenvalue weighted by Crippen LogP contribution is -2.47. The Kier molecular flexibility index (Phi) is 5.53. The minimum Gasteiger partial charge on any atom is -0.435 e. The van der Waals surface area contributed by atoms with Crippen molar-refractivity contribution in [1.29, 1.82) is 0 Å². The van der Waals surface area contributed by atoms with Crippen LogP contribution < -0.4 is 10.1 Å². The highest BCUT2D eigenvalue weighted by atomic mass is 19.3. The van der Waals surface area contributed by atoms with Gasteiger partial charge < -0.3 is 15.0 Å². The largest absolute Gasteiger partial charge is 0.435 e. The van der Waals surface area contributed by atoms with Crippen LogP contribution in [0, 0.1) is 5.92 Å². The van der Waals surface area contributed by atoms with Gasteiger partial charge in [-0.05, 0) is 50.6 Å². The smallest absolute Gasteiger partial charge is 0.387 e. The van der Waals surface area contributed by atoms with Crippen LogP contribution >= 0.6 is 0 Å². The van der Waals surface area contributed by atoms with Crippen molar-refractivity contribution in [2.45, 2.75) is 39.0 Å². The average Bonchev–Trinajstić information content (AvgIpc) is 2.42. The molecule has 0 radical (unpaired) electrons. The molecule has 3 nitrogen and oxygen atoms in total. The van der Waals surface area contributed by atoms with E-state index in [-0.39, 0.29) is 11.8 Å². The summed E-state index contributed by atoms with van der Waals surface area (Å²) in [7, 11) is 2.15. The van der Waals surface area contributed by atoms with Crippen molar-refractivity contribution in [3.63, 3.8) is 0 Å². The van der Waals surface area contributed by atoms with E-state index in [4.69, 9.17) is 0 Å². The quantitative estimate of drug-likeness (QED) is 0.903. The summed E-state index contributed by atoms with van der Waals surface area (Å²) in [6.45, 7) is 3.81. The van der Waals surface area contributed by atoms with Crippen LogP contribution in [0.2, 0.25) is 0 Å². The molecular weight excluding hydrogens is 274 g/mol. The van der Waals surface area contributed by atoms with Gasteiger partial charge in [-0.25, -0.2) is 0 Å². The predicted molar refractivity (Wildman–Crippen MR) is 79.7 cm³/mol. The number of nitrogens with zero attached hydrogens (tertiary/aromatic N) is 1. The van der Waals surface area contributed by atoms with Crippen LogP contribution in [0.1, 0.15) is 31.9 Å². The monoisotopic (exact) mass is 298 g/mol. The molecule has 1 aromatic rings. The molecule has 21 heavy (non-hydrogen) atoms. The van der Waals surface area contributed by atoms with Gasteiger partial charge in [0.05, 0.1) is 0 Å². The molecular formula is C16H24F2N2O. The van der Waals surface area contributed by atoms with Crippen LogP contribution in [0.25, 0.3) is 0 Å². The Morgan fingerprint density at radius 2 is 1.95 bits per heavy atom. The Morgan fingerprint density at radius 1 is 1.29 bits per heavy atom. The van der Waals surface area contributed by atoms with Crippen LogP contribution in [-0.2, 0) is 0 Å². The van der Waals surface area contributed by atoms with Crippen molar-refractivity contribution in [3.05, 3.63) is 29.8 Å². The average molecular weight is 298 g/mol. The van der Waals surface area contributed by atoms with Gasteiger partial charge in [0.2, 0.25) is 0 Å². The van der Waals surface area contributed by atoms with E-state index >= 15 is 0 Å². The number of ether oxygens (including phenoxy) is 1. The summed E-state index contributed by atoms with van der Waals surface area (Å²) in [6, 6.07) is 7.56. The number of hydrogen-bond acceptors (Lipinski definition) is 3. The van der Waals surface area contributed by atoms with E-state index in [9.17, 15) is 8.78 Å². The minimum absolute atomic E-state index is 0.196. The first-order valence-corrected chi connectivity index (χ1v) is 7.45. The fourth-order valence-corrected chi connectivity index (χ4v) is 2.96. The second kappa shape index (κ2) is 7.18. The van der Waals surface area contributed by atoms with Gasteiger partial charge in [-0.3, -0.25) is 0 Å². The van der Waals surface area contributed by atoms with Gasteiger partial charge in [0, 0.05) is 18.6 Å². The van der Waals surface area contributed by atoms with E-state index in [0.717, 1.165) is 25.1 Å². The number of benzene rings is 1. The van der Waals surface area contributed by atoms with Crippen LogP contribution in [0.5, 0.6) is 5.75 Å². The lowest BCUT2D eigenvalue weighted by Gasteiger charge is -2.37. The van der Waals surface area contributed by atoms with Gasteiger partial charge >= 0.3 is 6.61 Å². The standard InChI is InChI=1S/C16H24F2N2O/c1-11-10-20(3)9-8-15(11)19-12(2)13-4-6-14(7-5-13)21-16(17)18/h4-7,11-12,15-16,19H,8-10H2,1-3H3. The zero-order valence-electron chi connectivity index (χ0n) is 12.9. The minimum atomic E-state index is -2.77. The second-order valence-corrected chi connectivity index (χ2v) is 5.97. The molecule has 3 atom stereocenters. The van der Waals surface area contributed by atoms with Gasteiger partial charge in [0.25, 0.3) is 0 Å². The first-order valence-electron chi connectivity index (χ1n) is 7.45. The van der Waals surface area contributed by atoms with E-state index < -0.39 is 6.61 Å². The third-order valence-electron chi connectivity index (χ3n) is 4.18. The van der Waals surface area contributed by atoms with Crippen molar-refractivity contribution in [2.75, 3.05) is 20.1 Å². The van der Waals surface area contributed by atoms with Gasteiger partial charge in [-0.2, -0.15) is 8.78 Å². The third-order valence-corrected chi connectivity index (χ3v) is 4.18. The lowest BCUT2D eigenvalue weighted by molar-refractivity contribution is -0.0498. The number of rotatable bonds is 5. The molecule has 118 valence electrons. The number of piperidine rings is 1. The Balaban J connectivity index is 1.92. The zero-order valence-corrected chi connectivity index (χ0v) is 12.9. The number of halogens is 2. The zero-order chi connectivity index (χ0) is 15.4. The molecule has 0 bridgehead atoms. The molecule has 2 rings (SSSR count). The third kappa shape index (κ3) is 4.64. The lowest BCUT2D eigenvalue weighted by atomic mass is 9.93. The molecule has 3 unspecified atom stereocenters. The van der Waals surface area contributed by atoms with Gasteiger partial charge in [0.1, 0.15) is 5.75 Å². The first kappa shape index (κ1) is 16.2. The maximum absolute atomic E-state index is 12.1. The number of nitrogens with one attached hydrogen (secondary N) is 1. The molecule has 1 aliphatic heterocycles. The topological polar surface area (TPSA) is 24.5 Å². The van der Waals surface area contributed by atoms with E-state index in [1.807, 2.05) is 12.1 Å². The fraction of sp³-hybridized carbons (Fsp3) is 0.625. The summed E-state index contributed by atoms with van der Waals surface area (Å²) in [5.41, 5.74) is 1.09. The Hall–Kier alpha value is -1.20. The Labute approximate surface area is 125 Å². The van der Waals surface area contributed by atoms with Gasteiger partial charge in [-0.1, -0.05) is 19.1 Å². The van der Waals surface area contributed by atoms with Gasteiger partial charge in [0.15, 0.2) is 0 Å². The summed E-state index contributed by atoms with van der Waals surface area (Å²) in [5.74, 6) is 0.807. The SMILES string of the molecule is CC(NC1CCN(C)CC1C)c1ccc(OC(F)F)cc1. The normalized spacial score (nSPS) is 25.0. The Morgan fingerprint density at radius 3 is 2.52 bits per heavy atom. The molecule has 1 aromatic carbocycles. The van der Waals surface area contributed by atoms with Crippen molar-refractivity contribution in [3.8, 4) is 5.75 Å². The molecule has 0 aromatic heterocycles. The molecule has 0 spiro atoms. The molecule has 1 fully saturated rings. The molecule has 1 heterocycles. The summed E-state index contributed by atoms with van der Waals surface area (Å²) in [4.78, 5) is 2.35. The summed E-state index contributed by atoms with van der Waals surface area (Å²) >= 11 is 0. The molecule has 1 N–H and O–H groups in total. The number of likely N-dealkylation sites (tertiary alicyclic amines) is 1.